The van der Waals surface area contributed by atoms with Gasteiger partial charge in [-0.25, -0.2) is 0 Å². The SMILES string of the molecule is COc1ccc(-c2cc(=O)c3c(OC)cc(CO)cc3o2)cc1. The molecule has 1 N–H and O–H groups in total. The number of methoxy groups -OCH3 is 2. The third kappa shape index (κ3) is 2.78. The van der Waals surface area contributed by atoms with Crippen LogP contribution >= 0.6 is 0 Å². The molecule has 0 aliphatic rings. The van der Waals surface area contributed by atoms with Gasteiger partial charge in [-0.15, -0.1) is 0 Å². The molecule has 1 aromatic heterocycles. The molecule has 23 heavy (non-hydrogen) atoms. The summed E-state index contributed by atoms with van der Waals surface area (Å²) in [6, 6.07) is 11.9. The Morgan fingerprint density at radius 2 is 1.78 bits per heavy atom. The second-order valence-corrected chi connectivity index (χ2v) is 5.03. The zero-order chi connectivity index (χ0) is 16.4. The molecule has 5 nitrogen and oxygen atoms in total. The highest BCUT2D eigenvalue weighted by molar-refractivity contribution is 5.85. The van der Waals surface area contributed by atoms with Crippen LogP contribution in [0.25, 0.3) is 22.3 Å². The fraction of sp³-hybridized carbons (Fsp3) is 0.167. The van der Waals surface area contributed by atoms with E-state index in [9.17, 15) is 9.90 Å². The molecule has 2 aromatic carbocycles. The third-order valence-electron chi connectivity index (χ3n) is 3.63. The molecule has 0 saturated heterocycles. The van der Waals surface area contributed by atoms with Gasteiger partial charge >= 0.3 is 0 Å². The van der Waals surface area contributed by atoms with Gasteiger partial charge < -0.3 is 19.0 Å². The lowest BCUT2D eigenvalue weighted by atomic mass is 10.1. The zero-order valence-electron chi connectivity index (χ0n) is 12.8. The smallest absolute Gasteiger partial charge is 0.197 e. The average molecular weight is 312 g/mol. The highest BCUT2D eigenvalue weighted by Gasteiger charge is 2.13. The van der Waals surface area contributed by atoms with E-state index >= 15 is 0 Å². The largest absolute Gasteiger partial charge is 0.497 e. The van der Waals surface area contributed by atoms with Crippen molar-refractivity contribution in [2.45, 2.75) is 6.61 Å². The first-order valence-corrected chi connectivity index (χ1v) is 7.06. The lowest BCUT2D eigenvalue weighted by Crippen LogP contribution is -2.03. The quantitative estimate of drug-likeness (QED) is 0.802. The Bertz CT molecular complexity index is 894. The summed E-state index contributed by atoms with van der Waals surface area (Å²) in [5.74, 6) is 1.56. The molecular weight excluding hydrogens is 296 g/mol. The molecule has 0 fully saturated rings. The van der Waals surface area contributed by atoms with Gasteiger partial charge in [0.2, 0.25) is 0 Å². The summed E-state index contributed by atoms with van der Waals surface area (Å²) in [6.45, 7) is -0.164. The van der Waals surface area contributed by atoms with Crippen LogP contribution in [0.15, 0.2) is 51.7 Å². The van der Waals surface area contributed by atoms with Crippen molar-refractivity contribution in [2.24, 2.45) is 0 Å². The second-order valence-electron chi connectivity index (χ2n) is 5.03. The molecule has 0 aliphatic heterocycles. The molecule has 3 aromatic rings. The Morgan fingerprint density at radius 3 is 2.39 bits per heavy atom. The normalized spacial score (nSPS) is 10.7. The maximum Gasteiger partial charge on any atom is 0.197 e. The molecule has 1 heterocycles. The molecule has 0 aliphatic carbocycles. The van der Waals surface area contributed by atoms with Crippen molar-refractivity contribution in [2.75, 3.05) is 14.2 Å². The minimum Gasteiger partial charge on any atom is -0.497 e. The lowest BCUT2D eigenvalue weighted by molar-refractivity contribution is 0.281. The van der Waals surface area contributed by atoms with Crippen molar-refractivity contribution in [3.05, 3.63) is 58.3 Å². The van der Waals surface area contributed by atoms with Crippen molar-refractivity contribution in [1.29, 1.82) is 0 Å². The maximum absolute atomic E-state index is 12.4. The number of aliphatic hydroxyl groups excluding tert-OH is 1. The monoisotopic (exact) mass is 312 g/mol. The molecule has 0 bridgehead atoms. The van der Waals surface area contributed by atoms with E-state index in [0.717, 1.165) is 11.3 Å². The zero-order valence-corrected chi connectivity index (χ0v) is 12.8. The van der Waals surface area contributed by atoms with Gasteiger partial charge in [0.1, 0.15) is 28.2 Å². The van der Waals surface area contributed by atoms with E-state index in [4.69, 9.17) is 13.9 Å². The van der Waals surface area contributed by atoms with E-state index in [1.54, 1.807) is 31.4 Å². The highest BCUT2D eigenvalue weighted by Crippen LogP contribution is 2.29. The summed E-state index contributed by atoms with van der Waals surface area (Å²) in [5.41, 5.74) is 1.56. The predicted molar refractivity (Wildman–Crippen MR) is 86.9 cm³/mol. The van der Waals surface area contributed by atoms with Crippen molar-refractivity contribution in [3.8, 4) is 22.8 Å². The van der Waals surface area contributed by atoms with E-state index in [0.29, 0.717) is 28.0 Å². The number of hydrogen-bond donors (Lipinski definition) is 1. The first-order valence-electron chi connectivity index (χ1n) is 7.06. The van der Waals surface area contributed by atoms with Crippen LogP contribution in [0.2, 0.25) is 0 Å². The number of benzene rings is 2. The minimum atomic E-state index is -0.196. The molecule has 3 rings (SSSR count). The molecule has 0 spiro atoms. The number of hydrogen-bond acceptors (Lipinski definition) is 5. The van der Waals surface area contributed by atoms with Gasteiger partial charge in [-0.05, 0) is 42.0 Å². The standard InChI is InChI=1S/C18H16O5/c1-21-13-5-3-12(4-6-13)15-9-14(20)18-16(22-2)7-11(10-19)8-17(18)23-15/h3-9,19H,10H2,1-2H3. The average Bonchev–Trinajstić information content (AvgIpc) is 2.60. The highest BCUT2D eigenvalue weighted by atomic mass is 16.5. The molecular formula is C18H16O5. The predicted octanol–water partition coefficient (Wildman–Crippen LogP) is 2.97. The summed E-state index contributed by atoms with van der Waals surface area (Å²) in [6.07, 6.45) is 0. The van der Waals surface area contributed by atoms with Gasteiger partial charge in [0.05, 0.1) is 20.8 Å². The van der Waals surface area contributed by atoms with Crippen LogP contribution in [0, 0.1) is 0 Å². The van der Waals surface area contributed by atoms with Crippen LogP contribution in [0.3, 0.4) is 0 Å². The minimum absolute atomic E-state index is 0.164. The summed E-state index contributed by atoms with van der Waals surface area (Å²) in [5, 5.41) is 9.70. The number of fused-ring (bicyclic) bond motifs is 1. The van der Waals surface area contributed by atoms with Crippen LogP contribution in [-0.4, -0.2) is 19.3 Å². The van der Waals surface area contributed by atoms with Gasteiger partial charge in [-0.3, -0.25) is 4.79 Å². The van der Waals surface area contributed by atoms with Gasteiger partial charge in [-0.2, -0.15) is 0 Å². The van der Waals surface area contributed by atoms with E-state index < -0.39 is 0 Å². The summed E-state index contributed by atoms with van der Waals surface area (Å²) >= 11 is 0. The topological polar surface area (TPSA) is 68.9 Å². The van der Waals surface area contributed by atoms with Crippen LogP contribution in [0.1, 0.15) is 5.56 Å². The van der Waals surface area contributed by atoms with Gasteiger partial charge in [0.15, 0.2) is 5.43 Å². The number of aliphatic hydroxyl groups is 1. The van der Waals surface area contributed by atoms with Crippen LogP contribution in [-0.2, 0) is 6.61 Å². The number of rotatable bonds is 4. The number of ether oxygens (including phenoxy) is 2. The van der Waals surface area contributed by atoms with E-state index in [1.807, 2.05) is 12.1 Å². The molecule has 118 valence electrons. The Morgan fingerprint density at radius 1 is 1.04 bits per heavy atom. The third-order valence-corrected chi connectivity index (χ3v) is 3.63. The summed E-state index contributed by atoms with van der Waals surface area (Å²) in [7, 11) is 3.07. The van der Waals surface area contributed by atoms with Crippen LogP contribution in [0.5, 0.6) is 11.5 Å². The second kappa shape index (κ2) is 6.14. The molecule has 5 heteroatoms. The van der Waals surface area contributed by atoms with E-state index in [1.165, 1.54) is 13.2 Å². The fourth-order valence-corrected chi connectivity index (χ4v) is 2.46. The molecule has 0 saturated carbocycles. The first kappa shape index (κ1) is 15.1. The fourth-order valence-electron chi connectivity index (χ4n) is 2.46. The Labute approximate surface area is 132 Å². The van der Waals surface area contributed by atoms with E-state index in [-0.39, 0.29) is 12.0 Å². The van der Waals surface area contributed by atoms with Gasteiger partial charge in [-0.1, -0.05) is 0 Å². The summed E-state index contributed by atoms with van der Waals surface area (Å²) in [4.78, 5) is 12.4. The van der Waals surface area contributed by atoms with E-state index in [2.05, 4.69) is 0 Å². The molecule has 0 amide bonds. The van der Waals surface area contributed by atoms with Crippen LogP contribution in [0.4, 0.5) is 0 Å². The molecule has 0 radical (unpaired) electrons. The first-order chi connectivity index (χ1) is 11.2. The summed E-state index contributed by atoms with van der Waals surface area (Å²) < 4.78 is 16.2. The Balaban J connectivity index is 2.21. The maximum atomic E-state index is 12.4. The lowest BCUT2D eigenvalue weighted by Gasteiger charge is -2.09. The Hall–Kier alpha value is -2.79. The van der Waals surface area contributed by atoms with Crippen molar-refractivity contribution in [1.82, 2.24) is 0 Å². The van der Waals surface area contributed by atoms with Crippen molar-refractivity contribution >= 4 is 11.0 Å². The van der Waals surface area contributed by atoms with Crippen molar-refractivity contribution < 1.29 is 19.0 Å². The van der Waals surface area contributed by atoms with Gasteiger partial charge in [0.25, 0.3) is 0 Å². The Kier molecular flexibility index (Phi) is 4.04. The molecule has 0 atom stereocenters. The molecule has 0 unspecified atom stereocenters. The van der Waals surface area contributed by atoms with Crippen molar-refractivity contribution in [3.63, 3.8) is 0 Å². The van der Waals surface area contributed by atoms with Crippen LogP contribution < -0.4 is 14.9 Å². The van der Waals surface area contributed by atoms with Gasteiger partial charge in [0, 0.05) is 11.6 Å².